The number of anilines is 3. The first-order valence-corrected chi connectivity index (χ1v) is 8.45. The molecule has 1 fully saturated rings. The van der Waals surface area contributed by atoms with Crippen LogP contribution in [0.15, 0.2) is 48.5 Å². The number of ether oxygens (including phenoxy) is 1. The van der Waals surface area contributed by atoms with Crippen LogP contribution >= 0.6 is 0 Å². The van der Waals surface area contributed by atoms with Crippen LogP contribution in [0.3, 0.4) is 0 Å². The molecule has 0 spiro atoms. The Hall–Kier alpha value is -3.22. The van der Waals surface area contributed by atoms with Gasteiger partial charge in [0.05, 0.1) is 12.8 Å². The minimum Gasteiger partial charge on any atom is -0.495 e. The Labute approximate surface area is 152 Å². The Bertz CT molecular complexity index is 759. The zero-order valence-electron chi connectivity index (χ0n) is 14.6. The summed E-state index contributed by atoms with van der Waals surface area (Å²) in [5.41, 5.74) is 2.28. The fourth-order valence-electron chi connectivity index (χ4n) is 2.88. The van der Waals surface area contributed by atoms with E-state index in [1.54, 1.807) is 12.0 Å². The molecule has 0 bridgehead atoms. The molecule has 3 amide bonds. The molecule has 0 radical (unpaired) electrons. The van der Waals surface area contributed by atoms with Crippen molar-refractivity contribution in [3.8, 4) is 5.75 Å². The van der Waals surface area contributed by atoms with Gasteiger partial charge in [0.1, 0.15) is 5.75 Å². The van der Waals surface area contributed by atoms with Gasteiger partial charge in [-0.05, 0) is 30.3 Å². The second-order valence-corrected chi connectivity index (χ2v) is 5.96. The second kappa shape index (κ2) is 8.24. The lowest BCUT2D eigenvalue weighted by atomic mass is 10.2. The third-order valence-corrected chi connectivity index (χ3v) is 4.29. The molecule has 1 heterocycles. The maximum absolute atomic E-state index is 12.3. The van der Waals surface area contributed by atoms with Crippen molar-refractivity contribution in [1.29, 1.82) is 0 Å². The van der Waals surface area contributed by atoms with Gasteiger partial charge >= 0.3 is 6.03 Å². The molecular formula is C19H22N4O3. The first-order chi connectivity index (χ1) is 12.7. The molecule has 136 valence electrons. The average Bonchev–Trinajstić information content (AvgIpc) is 2.68. The lowest BCUT2D eigenvalue weighted by Crippen LogP contribution is -2.45. The van der Waals surface area contributed by atoms with Gasteiger partial charge in [0.25, 0.3) is 0 Å². The molecule has 0 atom stereocenters. The van der Waals surface area contributed by atoms with Gasteiger partial charge in [0.2, 0.25) is 6.41 Å². The Morgan fingerprint density at radius 3 is 2.42 bits per heavy atom. The monoisotopic (exact) mass is 354 g/mol. The van der Waals surface area contributed by atoms with Gasteiger partial charge in [0, 0.05) is 37.6 Å². The predicted molar refractivity (Wildman–Crippen MR) is 102 cm³/mol. The van der Waals surface area contributed by atoms with Crippen molar-refractivity contribution in [2.45, 2.75) is 0 Å². The van der Waals surface area contributed by atoms with Gasteiger partial charge in [-0.15, -0.1) is 0 Å². The second-order valence-electron chi connectivity index (χ2n) is 5.96. The molecule has 1 aliphatic rings. The van der Waals surface area contributed by atoms with E-state index in [-0.39, 0.29) is 6.03 Å². The highest BCUT2D eigenvalue weighted by molar-refractivity contribution is 6.01. The average molecular weight is 354 g/mol. The minimum absolute atomic E-state index is 0.336. The molecule has 0 unspecified atom stereocenters. The lowest BCUT2D eigenvalue weighted by molar-refractivity contribution is -0.118. The van der Waals surface area contributed by atoms with Gasteiger partial charge < -0.3 is 25.2 Å². The normalized spacial score (nSPS) is 13.9. The highest BCUT2D eigenvalue weighted by Crippen LogP contribution is 2.30. The van der Waals surface area contributed by atoms with Crippen molar-refractivity contribution in [1.82, 2.24) is 4.90 Å². The quantitative estimate of drug-likeness (QED) is 0.810. The largest absolute Gasteiger partial charge is 0.495 e. The zero-order valence-corrected chi connectivity index (χ0v) is 14.6. The third-order valence-electron chi connectivity index (χ3n) is 4.29. The van der Waals surface area contributed by atoms with Crippen LogP contribution in [-0.4, -0.2) is 50.6 Å². The molecule has 1 aliphatic heterocycles. The van der Waals surface area contributed by atoms with E-state index in [1.807, 2.05) is 48.5 Å². The number of urea groups is 1. The van der Waals surface area contributed by atoms with Crippen molar-refractivity contribution >= 4 is 29.5 Å². The number of rotatable bonds is 5. The summed E-state index contributed by atoms with van der Waals surface area (Å²) in [6, 6.07) is 14.6. The van der Waals surface area contributed by atoms with E-state index in [9.17, 15) is 9.59 Å². The number of nitrogens with zero attached hydrogens (tertiary/aromatic N) is 2. The summed E-state index contributed by atoms with van der Waals surface area (Å²) < 4.78 is 5.36. The van der Waals surface area contributed by atoms with Gasteiger partial charge in [-0.25, -0.2) is 4.79 Å². The SMILES string of the molecule is COc1ccc(N2CCN(C=O)CC2)cc1NC(=O)Nc1ccccc1. The zero-order chi connectivity index (χ0) is 18.4. The number of piperazine rings is 1. The number of methoxy groups -OCH3 is 1. The fourth-order valence-corrected chi connectivity index (χ4v) is 2.88. The molecule has 3 rings (SSSR count). The molecule has 0 saturated carbocycles. The summed E-state index contributed by atoms with van der Waals surface area (Å²) >= 11 is 0. The van der Waals surface area contributed by atoms with E-state index in [0.717, 1.165) is 25.2 Å². The van der Waals surface area contributed by atoms with Crippen LogP contribution in [0.1, 0.15) is 0 Å². The van der Waals surface area contributed by atoms with Crippen molar-refractivity contribution < 1.29 is 14.3 Å². The maximum atomic E-state index is 12.3. The van der Waals surface area contributed by atoms with Crippen molar-refractivity contribution in [3.05, 3.63) is 48.5 Å². The number of amides is 3. The first kappa shape index (κ1) is 17.6. The number of para-hydroxylation sites is 1. The Morgan fingerprint density at radius 2 is 1.77 bits per heavy atom. The van der Waals surface area contributed by atoms with E-state index in [1.165, 1.54) is 0 Å². The molecule has 1 saturated heterocycles. The van der Waals surface area contributed by atoms with Gasteiger partial charge in [-0.1, -0.05) is 18.2 Å². The number of hydrogen-bond acceptors (Lipinski definition) is 4. The first-order valence-electron chi connectivity index (χ1n) is 8.45. The van der Waals surface area contributed by atoms with E-state index in [2.05, 4.69) is 15.5 Å². The Morgan fingerprint density at radius 1 is 1.04 bits per heavy atom. The van der Waals surface area contributed by atoms with Crippen LogP contribution in [0.2, 0.25) is 0 Å². The molecule has 7 heteroatoms. The van der Waals surface area contributed by atoms with E-state index >= 15 is 0 Å². The highest BCUT2D eigenvalue weighted by atomic mass is 16.5. The smallest absolute Gasteiger partial charge is 0.323 e. The molecule has 2 aromatic rings. The summed E-state index contributed by atoms with van der Waals surface area (Å²) in [6.07, 6.45) is 0.881. The minimum atomic E-state index is -0.336. The lowest BCUT2D eigenvalue weighted by Gasteiger charge is -2.34. The summed E-state index contributed by atoms with van der Waals surface area (Å²) in [4.78, 5) is 27.1. The summed E-state index contributed by atoms with van der Waals surface area (Å²) in [5.74, 6) is 0.587. The topological polar surface area (TPSA) is 73.9 Å². The fraction of sp³-hybridized carbons (Fsp3) is 0.263. The summed E-state index contributed by atoms with van der Waals surface area (Å²) in [7, 11) is 1.57. The standard InChI is InChI=1S/C19H22N4O3/c1-26-18-8-7-16(23-11-9-22(14-24)10-12-23)13-17(18)21-19(25)20-15-5-3-2-4-6-15/h2-8,13-14H,9-12H2,1H3,(H2,20,21,25). The summed E-state index contributed by atoms with van der Waals surface area (Å²) in [6.45, 7) is 2.88. The predicted octanol–water partition coefficient (Wildman–Crippen LogP) is 2.62. The van der Waals surface area contributed by atoms with Gasteiger partial charge in [0.15, 0.2) is 0 Å². The maximum Gasteiger partial charge on any atom is 0.323 e. The number of carbonyl (C=O) groups is 2. The number of nitrogens with one attached hydrogen (secondary N) is 2. The van der Waals surface area contributed by atoms with Crippen LogP contribution < -0.4 is 20.3 Å². The molecule has 2 aromatic carbocycles. The van der Waals surface area contributed by atoms with Crippen molar-refractivity contribution in [3.63, 3.8) is 0 Å². The number of benzene rings is 2. The van der Waals surface area contributed by atoms with Gasteiger partial charge in [-0.3, -0.25) is 4.79 Å². The Kier molecular flexibility index (Phi) is 5.58. The molecule has 26 heavy (non-hydrogen) atoms. The van der Waals surface area contributed by atoms with Crippen LogP contribution in [0.4, 0.5) is 21.9 Å². The highest BCUT2D eigenvalue weighted by Gasteiger charge is 2.17. The molecule has 2 N–H and O–H groups in total. The Balaban J connectivity index is 1.71. The van der Waals surface area contributed by atoms with Gasteiger partial charge in [-0.2, -0.15) is 0 Å². The van der Waals surface area contributed by atoms with Crippen molar-refractivity contribution in [2.75, 3.05) is 48.8 Å². The van der Waals surface area contributed by atoms with Crippen LogP contribution in [0, 0.1) is 0 Å². The third kappa shape index (κ3) is 4.24. The number of carbonyl (C=O) groups excluding carboxylic acids is 2. The molecular weight excluding hydrogens is 332 g/mol. The number of hydrogen-bond donors (Lipinski definition) is 2. The molecule has 0 aliphatic carbocycles. The van der Waals surface area contributed by atoms with E-state index in [4.69, 9.17) is 4.74 Å². The summed E-state index contributed by atoms with van der Waals surface area (Å²) in [5, 5.41) is 5.63. The van der Waals surface area contributed by atoms with Crippen LogP contribution in [0.5, 0.6) is 5.75 Å². The van der Waals surface area contributed by atoms with Crippen LogP contribution in [-0.2, 0) is 4.79 Å². The molecule has 0 aromatic heterocycles. The van der Waals surface area contributed by atoms with E-state index in [0.29, 0.717) is 30.2 Å². The van der Waals surface area contributed by atoms with Crippen LogP contribution in [0.25, 0.3) is 0 Å². The molecule has 7 nitrogen and oxygen atoms in total. The van der Waals surface area contributed by atoms with E-state index < -0.39 is 0 Å². The van der Waals surface area contributed by atoms with Crippen molar-refractivity contribution in [2.24, 2.45) is 0 Å².